The Labute approximate surface area is 132 Å². The number of fused-ring (bicyclic) bond motifs is 2. The molecule has 0 radical (unpaired) electrons. The molecule has 6 heteroatoms. The zero-order valence-electron chi connectivity index (χ0n) is 12.5. The lowest BCUT2D eigenvalue weighted by Gasteiger charge is -2.21. The van der Waals surface area contributed by atoms with Gasteiger partial charge in [0.05, 0.1) is 19.3 Å². The Kier molecular flexibility index (Phi) is 2.97. The molecule has 23 heavy (non-hydrogen) atoms. The first kappa shape index (κ1) is 13.6. The number of carbonyl (C=O) groups excluding carboxylic acids is 2. The van der Waals surface area contributed by atoms with Crippen LogP contribution in [0.25, 0.3) is 0 Å². The third kappa shape index (κ3) is 2.19. The number of amides is 2. The minimum absolute atomic E-state index is 0.0121. The highest BCUT2D eigenvalue weighted by Gasteiger charge is 2.30. The fraction of sp³-hybridized carbons (Fsp3) is 0.176. The molecule has 2 aliphatic rings. The average molecular weight is 310 g/mol. The summed E-state index contributed by atoms with van der Waals surface area (Å²) in [4.78, 5) is 25.6. The monoisotopic (exact) mass is 310 g/mol. The van der Waals surface area contributed by atoms with Crippen LogP contribution in [0.2, 0.25) is 0 Å². The van der Waals surface area contributed by atoms with Crippen molar-refractivity contribution < 1.29 is 19.1 Å². The van der Waals surface area contributed by atoms with Crippen LogP contribution in [0.5, 0.6) is 11.5 Å². The van der Waals surface area contributed by atoms with E-state index in [0.29, 0.717) is 29.3 Å². The largest absolute Gasteiger partial charge is 0.497 e. The normalized spacial score (nSPS) is 15.6. The molecule has 116 valence electrons. The van der Waals surface area contributed by atoms with Gasteiger partial charge in [0, 0.05) is 17.3 Å². The Bertz CT molecular complexity index is 831. The Balaban J connectivity index is 1.67. The number of nitrogens with zero attached hydrogens (tertiary/aromatic N) is 1. The van der Waals surface area contributed by atoms with Crippen molar-refractivity contribution in [3.8, 4) is 11.5 Å². The maximum Gasteiger partial charge on any atom is 0.262 e. The van der Waals surface area contributed by atoms with Crippen LogP contribution in [-0.4, -0.2) is 25.5 Å². The van der Waals surface area contributed by atoms with Crippen molar-refractivity contribution in [3.05, 3.63) is 47.5 Å². The molecule has 1 N–H and O–H groups in total. The van der Waals surface area contributed by atoms with Crippen molar-refractivity contribution in [2.75, 3.05) is 23.9 Å². The molecule has 0 spiro atoms. The molecular formula is C17H14N2O4. The molecule has 0 atom stereocenters. The lowest BCUT2D eigenvalue weighted by atomic mass is 10.1. The smallest absolute Gasteiger partial charge is 0.262 e. The number of anilines is 2. The Morgan fingerprint density at radius 3 is 2.87 bits per heavy atom. The second-order valence-electron chi connectivity index (χ2n) is 5.43. The number of hydrogen-bond acceptors (Lipinski definition) is 4. The third-order valence-electron chi connectivity index (χ3n) is 4.03. The van der Waals surface area contributed by atoms with Crippen molar-refractivity contribution in [2.45, 2.75) is 6.54 Å². The van der Waals surface area contributed by atoms with Gasteiger partial charge < -0.3 is 19.7 Å². The SMILES string of the molecule is COc1ccc2c(c1)C(=O)N(c1ccc3c(c1)OCC(=O)N3)C2. The maximum absolute atomic E-state index is 12.6. The quantitative estimate of drug-likeness (QED) is 0.923. The highest BCUT2D eigenvalue weighted by atomic mass is 16.5. The first-order chi connectivity index (χ1) is 11.2. The van der Waals surface area contributed by atoms with Gasteiger partial charge in [0.2, 0.25) is 0 Å². The minimum atomic E-state index is -0.179. The summed E-state index contributed by atoms with van der Waals surface area (Å²) < 4.78 is 10.6. The van der Waals surface area contributed by atoms with Gasteiger partial charge in [0.1, 0.15) is 11.5 Å². The first-order valence-electron chi connectivity index (χ1n) is 7.21. The van der Waals surface area contributed by atoms with E-state index in [9.17, 15) is 9.59 Å². The molecule has 2 aliphatic heterocycles. The molecule has 2 amide bonds. The van der Waals surface area contributed by atoms with Crippen LogP contribution < -0.4 is 19.7 Å². The number of carbonyl (C=O) groups is 2. The number of nitrogens with one attached hydrogen (secondary N) is 1. The number of ether oxygens (including phenoxy) is 2. The van der Waals surface area contributed by atoms with E-state index in [-0.39, 0.29) is 18.4 Å². The van der Waals surface area contributed by atoms with Crippen LogP contribution >= 0.6 is 0 Å². The summed E-state index contributed by atoms with van der Waals surface area (Å²) in [5.41, 5.74) is 2.97. The van der Waals surface area contributed by atoms with Crippen molar-refractivity contribution in [1.29, 1.82) is 0 Å². The highest BCUT2D eigenvalue weighted by Crippen LogP contribution is 2.36. The number of methoxy groups -OCH3 is 1. The van der Waals surface area contributed by atoms with Gasteiger partial charge in [-0.2, -0.15) is 0 Å². The second-order valence-corrected chi connectivity index (χ2v) is 5.43. The molecule has 0 saturated carbocycles. The van der Waals surface area contributed by atoms with E-state index in [4.69, 9.17) is 9.47 Å². The summed E-state index contributed by atoms with van der Waals surface area (Å²) >= 11 is 0. The van der Waals surface area contributed by atoms with E-state index >= 15 is 0 Å². The Morgan fingerprint density at radius 2 is 2.04 bits per heavy atom. The van der Waals surface area contributed by atoms with Crippen molar-refractivity contribution >= 4 is 23.2 Å². The van der Waals surface area contributed by atoms with Crippen molar-refractivity contribution in [3.63, 3.8) is 0 Å². The standard InChI is InChI=1S/C17H14N2O4/c1-22-12-4-2-10-8-19(17(21)13(10)7-12)11-3-5-14-15(6-11)23-9-16(20)18-14/h2-7H,8-9H2,1H3,(H,18,20). The summed E-state index contributed by atoms with van der Waals surface area (Å²) in [6.45, 7) is 0.491. The van der Waals surface area contributed by atoms with Gasteiger partial charge in [-0.05, 0) is 29.8 Å². The van der Waals surface area contributed by atoms with E-state index in [1.165, 1.54) is 0 Å². The van der Waals surface area contributed by atoms with E-state index in [0.717, 1.165) is 11.3 Å². The molecular weight excluding hydrogens is 296 g/mol. The molecule has 2 heterocycles. The van der Waals surface area contributed by atoms with Crippen LogP contribution in [-0.2, 0) is 11.3 Å². The van der Waals surface area contributed by atoms with E-state index in [1.54, 1.807) is 36.3 Å². The average Bonchev–Trinajstić information content (AvgIpc) is 2.90. The molecule has 0 aliphatic carbocycles. The molecule has 0 aromatic heterocycles. The lowest BCUT2D eigenvalue weighted by molar-refractivity contribution is -0.118. The van der Waals surface area contributed by atoms with E-state index in [2.05, 4.69) is 5.32 Å². The van der Waals surface area contributed by atoms with Gasteiger partial charge in [-0.3, -0.25) is 9.59 Å². The molecule has 2 aromatic carbocycles. The van der Waals surface area contributed by atoms with Crippen LogP contribution in [0.4, 0.5) is 11.4 Å². The molecule has 6 nitrogen and oxygen atoms in total. The summed E-state index contributed by atoms with van der Waals surface area (Å²) in [6.07, 6.45) is 0. The van der Waals surface area contributed by atoms with Gasteiger partial charge in [-0.1, -0.05) is 6.07 Å². The zero-order valence-corrected chi connectivity index (χ0v) is 12.5. The van der Waals surface area contributed by atoms with Crippen LogP contribution in [0.3, 0.4) is 0 Å². The number of benzene rings is 2. The number of hydrogen-bond donors (Lipinski definition) is 1. The lowest BCUT2D eigenvalue weighted by Crippen LogP contribution is -2.26. The van der Waals surface area contributed by atoms with Gasteiger partial charge in [0.25, 0.3) is 11.8 Å². The maximum atomic E-state index is 12.6. The Morgan fingerprint density at radius 1 is 1.17 bits per heavy atom. The van der Waals surface area contributed by atoms with Crippen LogP contribution in [0, 0.1) is 0 Å². The molecule has 0 bridgehead atoms. The van der Waals surface area contributed by atoms with Gasteiger partial charge in [0.15, 0.2) is 6.61 Å². The second kappa shape index (κ2) is 5.01. The fourth-order valence-corrected chi connectivity index (χ4v) is 2.85. The summed E-state index contributed by atoms with van der Waals surface area (Å²) in [5.74, 6) is 0.986. The molecule has 0 unspecified atom stereocenters. The van der Waals surface area contributed by atoms with E-state index in [1.807, 2.05) is 12.1 Å². The summed E-state index contributed by atoms with van der Waals surface area (Å²) in [6, 6.07) is 10.8. The minimum Gasteiger partial charge on any atom is -0.497 e. The molecule has 0 saturated heterocycles. The van der Waals surface area contributed by atoms with E-state index < -0.39 is 0 Å². The highest BCUT2D eigenvalue weighted by molar-refractivity contribution is 6.10. The van der Waals surface area contributed by atoms with Gasteiger partial charge in [-0.25, -0.2) is 0 Å². The Hall–Kier alpha value is -3.02. The molecule has 2 aromatic rings. The third-order valence-corrected chi connectivity index (χ3v) is 4.03. The topological polar surface area (TPSA) is 67.9 Å². The molecule has 0 fully saturated rings. The van der Waals surface area contributed by atoms with Crippen molar-refractivity contribution in [1.82, 2.24) is 0 Å². The van der Waals surface area contributed by atoms with Crippen LogP contribution in [0.1, 0.15) is 15.9 Å². The number of rotatable bonds is 2. The van der Waals surface area contributed by atoms with Crippen LogP contribution in [0.15, 0.2) is 36.4 Å². The van der Waals surface area contributed by atoms with Crippen molar-refractivity contribution in [2.24, 2.45) is 0 Å². The predicted octanol–water partition coefficient (Wildman–Crippen LogP) is 2.19. The van der Waals surface area contributed by atoms with Gasteiger partial charge >= 0.3 is 0 Å². The predicted molar refractivity (Wildman–Crippen MR) is 84.1 cm³/mol. The zero-order chi connectivity index (χ0) is 16.0. The first-order valence-corrected chi connectivity index (χ1v) is 7.21. The molecule has 4 rings (SSSR count). The summed E-state index contributed by atoms with van der Waals surface area (Å²) in [5, 5.41) is 2.74. The van der Waals surface area contributed by atoms with Gasteiger partial charge in [-0.15, -0.1) is 0 Å². The fourth-order valence-electron chi connectivity index (χ4n) is 2.85. The summed E-state index contributed by atoms with van der Waals surface area (Å²) in [7, 11) is 1.58.